The Kier molecular flexibility index (Phi) is 8.86. The van der Waals surface area contributed by atoms with Crippen LogP contribution in [0, 0.1) is 16.8 Å². The topological polar surface area (TPSA) is 101 Å². The predicted octanol–water partition coefficient (Wildman–Crippen LogP) is 2.70. The Morgan fingerprint density at radius 1 is 1.15 bits per heavy atom. The summed E-state index contributed by atoms with van der Waals surface area (Å²) in [4.78, 5) is 16.5. The van der Waals surface area contributed by atoms with E-state index in [1.165, 1.54) is 5.56 Å². The first kappa shape index (κ1) is 25.5. The number of benzene rings is 2. The number of carbonyl (C=O) groups excluding carboxylic acids is 1. The van der Waals surface area contributed by atoms with Gasteiger partial charge in [-0.05, 0) is 41.7 Å². The summed E-state index contributed by atoms with van der Waals surface area (Å²) in [7, 11) is 0. The molecule has 2 aromatic carbocycles. The Balaban J connectivity index is 1.73. The number of aliphatic hydroxyl groups is 1. The van der Waals surface area contributed by atoms with E-state index in [0.29, 0.717) is 11.3 Å². The molecule has 0 aliphatic carbocycles. The Bertz CT molecular complexity index is 1110. The monoisotopic (exact) mass is 490 g/mol. The Labute approximate surface area is 201 Å². The predicted molar refractivity (Wildman–Crippen MR) is 123 cm³/mol. The van der Waals surface area contributed by atoms with Crippen LogP contribution in [0.4, 0.5) is 8.78 Å². The highest BCUT2D eigenvalue weighted by Gasteiger charge is 2.24. The Morgan fingerprint density at radius 2 is 1.85 bits per heavy atom. The number of nitrogens with zero attached hydrogens (tertiary/aromatic N) is 2. The molecular weight excluding hydrogens is 466 g/mol. The van der Waals surface area contributed by atoms with Crippen molar-refractivity contribution in [1.82, 2.24) is 15.6 Å². The molecule has 3 N–H and O–H groups in total. The van der Waals surface area contributed by atoms with Crippen molar-refractivity contribution in [2.24, 2.45) is 0 Å². The fraction of sp³-hybridized carbons (Fsp3) is 0.292. The average molecular weight is 491 g/mol. The van der Waals surface area contributed by atoms with Gasteiger partial charge in [-0.1, -0.05) is 42.8 Å². The number of amides is 1. The van der Waals surface area contributed by atoms with E-state index in [1.807, 2.05) is 18.2 Å². The van der Waals surface area contributed by atoms with Crippen LogP contribution >= 0.6 is 11.6 Å². The Hall–Kier alpha value is -3.14. The van der Waals surface area contributed by atoms with Gasteiger partial charge in [-0.15, -0.1) is 0 Å². The van der Waals surface area contributed by atoms with Crippen molar-refractivity contribution in [2.45, 2.75) is 38.5 Å². The van der Waals surface area contributed by atoms with Gasteiger partial charge in [0.25, 0.3) is 5.91 Å². The molecule has 0 fully saturated rings. The van der Waals surface area contributed by atoms with E-state index >= 15 is 0 Å². The van der Waals surface area contributed by atoms with Crippen molar-refractivity contribution >= 4 is 17.5 Å². The molecule has 3 aromatic rings. The minimum Gasteiger partial charge on any atom is -0.619 e. The van der Waals surface area contributed by atoms with Crippen LogP contribution in [0.15, 0.2) is 54.9 Å². The quantitative estimate of drug-likeness (QED) is 0.300. The second-order valence-electron chi connectivity index (χ2n) is 7.87. The van der Waals surface area contributed by atoms with Gasteiger partial charge in [0.05, 0.1) is 12.1 Å². The lowest BCUT2D eigenvalue weighted by molar-refractivity contribution is -0.606. The maximum Gasteiger partial charge on any atom is 0.276 e. The molecule has 0 unspecified atom stereocenters. The summed E-state index contributed by atoms with van der Waals surface area (Å²) < 4.78 is 27.7. The van der Waals surface area contributed by atoms with Crippen LogP contribution in [0.25, 0.3) is 0 Å². The molecular formula is C24H25ClF2N4O3. The standard InChI is InChI=1S/C24H25ClF2N4O3/c1-2-15-4-3-5-16(6-15)11-28-12-22(32)20(9-17-7-18(26)10-19(27)8-17)30-24(33)21-13-31(34)14-23(25)29-21/h3-8,10,13-14,20,22,28,32H,2,9,11-12H2,1H3,(H,30,33)/t20-,22-/m0/s1. The van der Waals surface area contributed by atoms with Gasteiger partial charge >= 0.3 is 0 Å². The summed E-state index contributed by atoms with van der Waals surface area (Å²) in [5.74, 6) is -2.30. The second kappa shape index (κ2) is 11.8. The molecule has 0 aliphatic rings. The number of aromatic nitrogens is 2. The largest absolute Gasteiger partial charge is 0.619 e. The van der Waals surface area contributed by atoms with Crippen molar-refractivity contribution in [1.29, 1.82) is 0 Å². The first-order valence-corrected chi connectivity index (χ1v) is 11.1. The van der Waals surface area contributed by atoms with Crippen LogP contribution < -0.4 is 15.4 Å². The van der Waals surface area contributed by atoms with Gasteiger partial charge in [0.2, 0.25) is 12.4 Å². The second-order valence-corrected chi connectivity index (χ2v) is 8.26. The van der Waals surface area contributed by atoms with Crippen molar-refractivity contribution < 1.29 is 23.4 Å². The first-order valence-electron chi connectivity index (χ1n) is 10.7. The molecule has 1 aromatic heterocycles. The van der Waals surface area contributed by atoms with Crippen LogP contribution in [-0.4, -0.2) is 34.7 Å². The molecule has 0 bridgehead atoms. The number of halogens is 3. The number of hydrogen-bond acceptors (Lipinski definition) is 5. The zero-order chi connectivity index (χ0) is 24.7. The number of nitrogens with one attached hydrogen (secondary N) is 2. The van der Waals surface area contributed by atoms with Gasteiger partial charge < -0.3 is 20.9 Å². The molecule has 0 saturated heterocycles. The minimum absolute atomic E-state index is 0.0630. The van der Waals surface area contributed by atoms with Crippen LogP contribution in [-0.2, 0) is 19.4 Å². The molecule has 3 rings (SSSR count). The lowest BCUT2D eigenvalue weighted by Crippen LogP contribution is -2.49. The highest BCUT2D eigenvalue weighted by Crippen LogP contribution is 2.13. The fourth-order valence-corrected chi connectivity index (χ4v) is 3.71. The van der Waals surface area contributed by atoms with E-state index in [2.05, 4.69) is 28.6 Å². The molecule has 0 radical (unpaired) electrons. The molecule has 34 heavy (non-hydrogen) atoms. The smallest absolute Gasteiger partial charge is 0.276 e. The molecule has 0 saturated carbocycles. The zero-order valence-electron chi connectivity index (χ0n) is 18.5. The SMILES string of the molecule is CCc1cccc(CNC[C@H](O)[C@H](Cc2cc(F)cc(F)c2)NC(=O)c2c[n+]([O-])cc(Cl)n2)c1. The number of hydrogen-bond donors (Lipinski definition) is 3. The lowest BCUT2D eigenvalue weighted by Gasteiger charge is -2.25. The maximum absolute atomic E-state index is 13.7. The van der Waals surface area contributed by atoms with Gasteiger partial charge in [-0.3, -0.25) is 4.79 Å². The number of aliphatic hydroxyl groups excluding tert-OH is 1. The molecule has 0 aliphatic heterocycles. The van der Waals surface area contributed by atoms with Gasteiger partial charge in [0, 0.05) is 19.2 Å². The third-order valence-electron chi connectivity index (χ3n) is 5.18. The van der Waals surface area contributed by atoms with Gasteiger partial charge in [0.1, 0.15) is 11.6 Å². The minimum atomic E-state index is -1.12. The van der Waals surface area contributed by atoms with Crippen LogP contribution in [0.1, 0.15) is 34.1 Å². The van der Waals surface area contributed by atoms with Crippen molar-refractivity contribution in [3.05, 3.63) is 99.2 Å². The van der Waals surface area contributed by atoms with Gasteiger partial charge in [0.15, 0.2) is 10.8 Å². The molecule has 1 heterocycles. The summed E-state index contributed by atoms with van der Waals surface area (Å²) >= 11 is 5.75. The van der Waals surface area contributed by atoms with Crippen molar-refractivity contribution in [3.8, 4) is 0 Å². The van der Waals surface area contributed by atoms with E-state index in [-0.39, 0.29) is 29.4 Å². The Morgan fingerprint density at radius 3 is 2.53 bits per heavy atom. The average Bonchev–Trinajstić information content (AvgIpc) is 2.77. The number of aryl methyl sites for hydroxylation is 1. The first-order chi connectivity index (χ1) is 16.2. The van der Waals surface area contributed by atoms with Crippen molar-refractivity contribution in [3.63, 3.8) is 0 Å². The van der Waals surface area contributed by atoms with E-state index in [0.717, 1.165) is 42.6 Å². The normalized spacial score (nSPS) is 12.9. The number of carbonyl (C=O) groups is 1. The van der Waals surface area contributed by atoms with E-state index in [1.54, 1.807) is 0 Å². The maximum atomic E-state index is 13.7. The van der Waals surface area contributed by atoms with Crippen LogP contribution in [0.2, 0.25) is 5.15 Å². The molecule has 1 amide bonds. The summed E-state index contributed by atoms with van der Waals surface area (Å²) in [6, 6.07) is 10.0. The molecule has 2 atom stereocenters. The summed E-state index contributed by atoms with van der Waals surface area (Å²) in [6.45, 7) is 2.62. The van der Waals surface area contributed by atoms with Crippen LogP contribution in [0.3, 0.4) is 0 Å². The number of rotatable bonds is 10. The van der Waals surface area contributed by atoms with Crippen molar-refractivity contribution in [2.75, 3.05) is 6.54 Å². The summed E-state index contributed by atoms with van der Waals surface area (Å²) in [5, 5.41) is 28.0. The van der Waals surface area contributed by atoms with E-state index in [9.17, 15) is 23.9 Å². The van der Waals surface area contributed by atoms with Crippen LogP contribution in [0.5, 0.6) is 0 Å². The zero-order valence-corrected chi connectivity index (χ0v) is 19.2. The molecule has 0 spiro atoms. The molecule has 7 nitrogen and oxygen atoms in total. The highest BCUT2D eigenvalue weighted by atomic mass is 35.5. The summed E-state index contributed by atoms with van der Waals surface area (Å²) in [6.07, 6.45) is 1.63. The highest BCUT2D eigenvalue weighted by molar-refractivity contribution is 6.29. The van der Waals surface area contributed by atoms with Gasteiger partial charge in [-0.25, -0.2) is 13.8 Å². The third-order valence-corrected chi connectivity index (χ3v) is 5.37. The van der Waals surface area contributed by atoms with E-state index < -0.39 is 29.7 Å². The molecule has 180 valence electrons. The lowest BCUT2D eigenvalue weighted by atomic mass is 10.00. The molecule has 10 heteroatoms. The van der Waals surface area contributed by atoms with Gasteiger partial charge in [-0.2, -0.15) is 4.73 Å². The third kappa shape index (κ3) is 7.44. The summed E-state index contributed by atoms with van der Waals surface area (Å²) in [5.41, 5.74) is 2.20. The fourth-order valence-electron chi connectivity index (χ4n) is 3.52. The van der Waals surface area contributed by atoms with E-state index in [4.69, 9.17) is 11.6 Å².